The van der Waals surface area contributed by atoms with Gasteiger partial charge in [0.25, 0.3) is 0 Å². The van der Waals surface area contributed by atoms with Crippen molar-refractivity contribution >= 4 is 29.2 Å². The van der Waals surface area contributed by atoms with Gasteiger partial charge in [0, 0.05) is 12.0 Å². The maximum Gasteiger partial charge on any atom is 0.410 e. The quantitative estimate of drug-likeness (QED) is 0.735. The third-order valence-corrected chi connectivity index (χ3v) is 6.64. The maximum absolute atomic E-state index is 12.3. The minimum absolute atomic E-state index is 0.0138. The molecule has 1 saturated heterocycles. The highest BCUT2D eigenvalue weighted by molar-refractivity contribution is 6.32. The van der Waals surface area contributed by atoms with E-state index in [-0.39, 0.29) is 18.0 Å². The predicted molar refractivity (Wildman–Crippen MR) is 117 cm³/mol. The summed E-state index contributed by atoms with van der Waals surface area (Å²) < 4.78 is 7.20. The van der Waals surface area contributed by atoms with Crippen molar-refractivity contribution in [2.45, 2.75) is 83.0 Å². The Morgan fingerprint density at radius 2 is 2.16 bits per heavy atom. The zero-order valence-corrected chi connectivity index (χ0v) is 19.3. The smallest absolute Gasteiger partial charge is 0.410 e. The summed E-state index contributed by atoms with van der Waals surface area (Å²) in [4.78, 5) is 22.8. The zero-order valence-electron chi connectivity index (χ0n) is 18.6. The number of carbonyl (C=O) groups excluding carboxylic acids is 1. The average Bonchev–Trinajstić information content (AvgIpc) is 2.98. The lowest BCUT2D eigenvalue weighted by atomic mass is 9.66. The van der Waals surface area contributed by atoms with Gasteiger partial charge in [-0.3, -0.25) is 0 Å². The molecule has 2 aromatic heterocycles. The van der Waals surface area contributed by atoms with E-state index in [1.54, 1.807) is 10.7 Å². The summed E-state index contributed by atoms with van der Waals surface area (Å²) in [5.74, 6) is 1.29. The van der Waals surface area contributed by atoms with Gasteiger partial charge in [-0.2, -0.15) is 0 Å². The molecule has 0 spiro atoms. The fourth-order valence-electron chi connectivity index (χ4n) is 4.36. The van der Waals surface area contributed by atoms with Crippen molar-refractivity contribution in [1.82, 2.24) is 24.5 Å². The number of aliphatic hydroxyl groups is 1. The lowest BCUT2D eigenvalue weighted by molar-refractivity contribution is 0.00112. The number of rotatable bonds is 4. The summed E-state index contributed by atoms with van der Waals surface area (Å²) in [7, 11) is 0. The lowest BCUT2D eigenvalue weighted by Crippen LogP contribution is -2.52. The highest BCUT2D eigenvalue weighted by Crippen LogP contribution is 2.46. The van der Waals surface area contributed by atoms with E-state index in [2.05, 4.69) is 27.3 Å². The molecule has 2 N–H and O–H groups in total. The highest BCUT2D eigenvalue weighted by Gasteiger charge is 2.41. The van der Waals surface area contributed by atoms with Crippen LogP contribution in [-0.4, -0.2) is 66.5 Å². The molecule has 3 heterocycles. The monoisotopic (exact) mass is 450 g/mol. The number of amides is 1. The fraction of sp³-hybridized carbons (Fsp3) is 0.714. The Hall–Kier alpha value is -2.13. The molecule has 2 fully saturated rings. The van der Waals surface area contributed by atoms with Crippen LogP contribution in [0.4, 0.5) is 10.7 Å². The van der Waals surface area contributed by atoms with Crippen LogP contribution in [0.25, 0.3) is 5.52 Å². The normalized spacial score (nSPS) is 23.5. The first-order valence-corrected chi connectivity index (χ1v) is 11.3. The van der Waals surface area contributed by atoms with Crippen molar-refractivity contribution in [2.24, 2.45) is 0 Å². The molecule has 0 bridgehead atoms. The molecule has 2 aromatic rings. The van der Waals surface area contributed by atoms with Gasteiger partial charge >= 0.3 is 6.09 Å². The van der Waals surface area contributed by atoms with E-state index in [1.165, 1.54) is 11.3 Å². The zero-order chi connectivity index (χ0) is 22.4. The number of piperidine rings is 1. The standard InChI is InChI=1S/C21H31ClN6O3/c1-5-21(8-6-9-21)17-25-16(22)14-11-23-18(26-28(14)17)24-13-7-10-27(12-15(13)29)19(30)31-20(2,3)4/h11,13,15,29H,5-10,12H2,1-4H3,(H,24,26)/t13-,15-/m1/s1. The molecule has 1 amide bonds. The first kappa shape index (κ1) is 22.1. The average molecular weight is 451 g/mol. The van der Waals surface area contributed by atoms with Crippen LogP contribution in [0.3, 0.4) is 0 Å². The number of hydrogen-bond donors (Lipinski definition) is 2. The number of halogens is 1. The second kappa shape index (κ2) is 8.09. The number of imidazole rings is 1. The summed E-state index contributed by atoms with van der Waals surface area (Å²) in [6.45, 7) is 8.32. The molecule has 1 saturated carbocycles. The van der Waals surface area contributed by atoms with Gasteiger partial charge in [-0.25, -0.2) is 19.3 Å². The molecular formula is C21H31ClN6O3. The van der Waals surface area contributed by atoms with Crippen molar-refractivity contribution in [2.75, 3.05) is 18.4 Å². The molecule has 10 heteroatoms. The molecule has 2 atom stereocenters. The molecule has 4 rings (SSSR count). The highest BCUT2D eigenvalue weighted by atomic mass is 35.5. The summed E-state index contributed by atoms with van der Waals surface area (Å²) >= 11 is 6.36. The number of fused-ring (bicyclic) bond motifs is 1. The molecule has 31 heavy (non-hydrogen) atoms. The fourth-order valence-corrected chi connectivity index (χ4v) is 4.57. The Morgan fingerprint density at radius 1 is 1.42 bits per heavy atom. The number of carbonyl (C=O) groups is 1. The number of ether oxygens (including phenoxy) is 1. The van der Waals surface area contributed by atoms with Gasteiger partial charge in [-0.15, -0.1) is 5.10 Å². The molecule has 2 aliphatic rings. The second-order valence-electron chi connectivity index (χ2n) is 9.63. The van der Waals surface area contributed by atoms with Gasteiger partial charge in [-0.05, 0) is 46.5 Å². The Balaban J connectivity index is 1.49. The van der Waals surface area contributed by atoms with E-state index in [9.17, 15) is 9.90 Å². The maximum atomic E-state index is 12.3. The van der Waals surface area contributed by atoms with E-state index < -0.39 is 17.8 Å². The number of aliphatic hydroxyl groups excluding tert-OH is 1. The lowest BCUT2D eigenvalue weighted by Gasteiger charge is -2.39. The van der Waals surface area contributed by atoms with Gasteiger partial charge in [0.2, 0.25) is 5.95 Å². The summed E-state index contributed by atoms with van der Waals surface area (Å²) in [6.07, 6.45) is 5.36. The van der Waals surface area contributed by atoms with Gasteiger partial charge < -0.3 is 20.1 Å². The molecule has 9 nitrogen and oxygen atoms in total. The number of likely N-dealkylation sites (tertiary alicyclic amines) is 1. The van der Waals surface area contributed by atoms with Crippen LogP contribution in [0.15, 0.2) is 6.20 Å². The van der Waals surface area contributed by atoms with Crippen LogP contribution < -0.4 is 5.32 Å². The number of aromatic nitrogens is 4. The minimum Gasteiger partial charge on any atom is -0.444 e. The molecule has 1 aliphatic heterocycles. The minimum atomic E-state index is -0.764. The van der Waals surface area contributed by atoms with Gasteiger partial charge in [0.15, 0.2) is 5.15 Å². The van der Waals surface area contributed by atoms with Crippen molar-refractivity contribution in [3.8, 4) is 0 Å². The van der Waals surface area contributed by atoms with Crippen LogP contribution in [0.1, 0.15) is 65.6 Å². The van der Waals surface area contributed by atoms with E-state index in [4.69, 9.17) is 16.3 Å². The topological polar surface area (TPSA) is 105 Å². The Labute approximate surface area is 187 Å². The van der Waals surface area contributed by atoms with E-state index in [0.29, 0.717) is 29.6 Å². The number of hydrogen-bond acceptors (Lipinski definition) is 7. The van der Waals surface area contributed by atoms with Crippen molar-refractivity contribution in [3.05, 3.63) is 17.2 Å². The number of nitrogens with zero attached hydrogens (tertiary/aromatic N) is 5. The number of β-amino-alcohol motifs (C(OH)–C–C–N with tert-alkyl or cyclic N) is 1. The van der Waals surface area contributed by atoms with Crippen LogP contribution >= 0.6 is 11.6 Å². The number of nitrogens with one attached hydrogen (secondary N) is 1. The SMILES string of the molecule is CCC1(c2nc(Cl)c3cnc(N[C@@H]4CCN(C(=O)OC(C)(C)C)C[C@H]4O)nn23)CCC1. The third-order valence-electron chi connectivity index (χ3n) is 6.36. The molecule has 1 aliphatic carbocycles. The Kier molecular flexibility index (Phi) is 5.76. The van der Waals surface area contributed by atoms with Gasteiger partial charge in [0.1, 0.15) is 16.9 Å². The van der Waals surface area contributed by atoms with Crippen LogP contribution in [0, 0.1) is 0 Å². The summed E-state index contributed by atoms with van der Waals surface area (Å²) in [6, 6.07) is -0.276. The Morgan fingerprint density at radius 3 is 2.74 bits per heavy atom. The van der Waals surface area contributed by atoms with Gasteiger partial charge in [-0.1, -0.05) is 24.9 Å². The number of anilines is 1. The molecule has 170 valence electrons. The van der Waals surface area contributed by atoms with Crippen LogP contribution in [-0.2, 0) is 10.2 Å². The van der Waals surface area contributed by atoms with E-state index in [1.807, 2.05) is 20.8 Å². The molecule has 0 radical (unpaired) electrons. The van der Waals surface area contributed by atoms with E-state index in [0.717, 1.165) is 25.1 Å². The van der Waals surface area contributed by atoms with Crippen molar-refractivity contribution in [3.63, 3.8) is 0 Å². The first-order chi connectivity index (χ1) is 14.6. The van der Waals surface area contributed by atoms with Crippen LogP contribution in [0.5, 0.6) is 0 Å². The first-order valence-electron chi connectivity index (χ1n) is 11.0. The summed E-state index contributed by atoms with van der Waals surface area (Å²) in [5, 5.41) is 18.9. The van der Waals surface area contributed by atoms with Crippen molar-refractivity contribution < 1.29 is 14.6 Å². The van der Waals surface area contributed by atoms with Gasteiger partial charge in [0.05, 0.1) is 24.9 Å². The summed E-state index contributed by atoms with van der Waals surface area (Å²) in [5.41, 5.74) is 0.127. The molecule has 0 aromatic carbocycles. The third kappa shape index (κ3) is 4.30. The largest absolute Gasteiger partial charge is 0.444 e. The van der Waals surface area contributed by atoms with Crippen molar-refractivity contribution in [1.29, 1.82) is 0 Å². The van der Waals surface area contributed by atoms with Crippen LogP contribution in [0.2, 0.25) is 5.15 Å². The predicted octanol–water partition coefficient (Wildman–Crippen LogP) is 3.39. The van der Waals surface area contributed by atoms with E-state index >= 15 is 0 Å². The second-order valence-corrected chi connectivity index (χ2v) is 9.98. The Bertz CT molecular complexity index is 962. The molecule has 0 unspecified atom stereocenters. The molecular weight excluding hydrogens is 420 g/mol.